The number of carbonyl (C=O) groups is 1. The van der Waals surface area contributed by atoms with Gasteiger partial charge in [-0.2, -0.15) is 0 Å². The molecule has 0 aliphatic heterocycles. The summed E-state index contributed by atoms with van der Waals surface area (Å²) in [6.07, 6.45) is 2.39. The first-order valence-electron chi connectivity index (χ1n) is 7.32. The van der Waals surface area contributed by atoms with Gasteiger partial charge < -0.3 is 5.32 Å². The van der Waals surface area contributed by atoms with Crippen molar-refractivity contribution in [3.05, 3.63) is 87.4 Å². The Hall–Kier alpha value is -2.60. The van der Waals surface area contributed by atoms with Crippen molar-refractivity contribution in [2.75, 3.05) is 0 Å². The zero-order valence-electron chi connectivity index (χ0n) is 12.6. The summed E-state index contributed by atoms with van der Waals surface area (Å²) in [4.78, 5) is 17.2. The molecule has 0 saturated carbocycles. The number of rotatable bonds is 5. The van der Waals surface area contributed by atoms with Gasteiger partial charge in [-0.3, -0.25) is 4.79 Å². The van der Waals surface area contributed by atoms with E-state index in [2.05, 4.69) is 10.3 Å². The fraction of sp³-hybridized carbons (Fsp3) is 0.111. The molecule has 1 aromatic heterocycles. The standard InChI is InChI=1S/C18H14F2N2OS/c19-13-7-5-12(6-8-13)9-14-10-21-17(24-14)11-22-18(23)15-3-1-2-4-16(15)20/h1-8,10H,9,11H2,(H,22,23). The highest BCUT2D eigenvalue weighted by Crippen LogP contribution is 2.18. The van der Waals surface area contributed by atoms with Crippen LogP contribution in [0.5, 0.6) is 0 Å². The van der Waals surface area contributed by atoms with E-state index in [0.717, 1.165) is 15.4 Å². The quantitative estimate of drug-likeness (QED) is 0.762. The van der Waals surface area contributed by atoms with E-state index >= 15 is 0 Å². The number of hydrogen-bond acceptors (Lipinski definition) is 3. The number of nitrogens with zero attached hydrogens (tertiary/aromatic N) is 1. The van der Waals surface area contributed by atoms with E-state index in [1.54, 1.807) is 24.4 Å². The average Bonchev–Trinajstić information content (AvgIpc) is 3.03. The Labute approximate surface area is 142 Å². The molecular weight excluding hydrogens is 330 g/mol. The highest BCUT2D eigenvalue weighted by atomic mass is 32.1. The number of benzene rings is 2. The third kappa shape index (κ3) is 4.02. The fourth-order valence-electron chi connectivity index (χ4n) is 2.21. The van der Waals surface area contributed by atoms with Crippen molar-refractivity contribution in [2.24, 2.45) is 0 Å². The van der Waals surface area contributed by atoms with Gasteiger partial charge in [0.05, 0.1) is 12.1 Å². The van der Waals surface area contributed by atoms with Crippen LogP contribution in [0.3, 0.4) is 0 Å². The number of aromatic nitrogens is 1. The van der Waals surface area contributed by atoms with E-state index in [1.165, 1.54) is 41.7 Å². The summed E-state index contributed by atoms with van der Waals surface area (Å²) in [6.45, 7) is 0.237. The van der Waals surface area contributed by atoms with Crippen molar-refractivity contribution in [2.45, 2.75) is 13.0 Å². The lowest BCUT2D eigenvalue weighted by molar-refractivity contribution is 0.0947. The maximum atomic E-state index is 13.5. The first-order chi connectivity index (χ1) is 11.6. The summed E-state index contributed by atoms with van der Waals surface area (Å²) in [5.41, 5.74) is 1.00. The van der Waals surface area contributed by atoms with E-state index in [1.807, 2.05) is 0 Å². The molecule has 3 nitrogen and oxygen atoms in total. The van der Waals surface area contributed by atoms with Crippen LogP contribution in [0.1, 0.15) is 25.8 Å². The molecule has 0 unspecified atom stereocenters. The van der Waals surface area contributed by atoms with E-state index in [-0.39, 0.29) is 17.9 Å². The van der Waals surface area contributed by atoms with Gasteiger partial charge >= 0.3 is 0 Å². The number of halogens is 2. The van der Waals surface area contributed by atoms with Gasteiger partial charge in [0.2, 0.25) is 0 Å². The zero-order valence-corrected chi connectivity index (χ0v) is 13.4. The van der Waals surface area contributed by atoms with E-state index < -0.39 is 11.7 Å². The Morgan fingerprint density at radius 3 is 2.58 bits per heavy atom. The van der Waals surface area contributed by atoms with Crippen LogP contribution in [0.15, 0.2) is 54.7 Å². The number of amides is 1. The molecule has 0 saturated heterocycles. The average molecular weight is 344 g/mol. The molecule has 0 fully saturated rings. The van der Waals surface area contributed by atoms with Crippen LogP contribution >= 0.6 is 11.3 Å². The second-order valence-corrected chi connectivity index (χ2v) is 6.39. The van der Waals surface area contributed by atoms with E-state index in [9.17, 15) is 13.6 Å². The summed E-state index contributed by atoms with van der Waals surface area (Å²) >= 11 is 1.46. The molecule has 24 heavy (non-hydrogen) atoms. The molecule has 0 radical (unpaired) electrons. The molecule has 1 heterocycles. The Bertz CT molecular complexity index is 846. The Morgan fingerprint density at radius 1 is 1.08 bits per heavy atom. The van der Waals surface area contributed by atoms with Gasteiger partial charge in [0.15, 0.2) is 0 Å². The van der Waals surface area contributed by atoms with Crippen LogP contribution in [0, 0.1) is 11.6 Å². The highest BCUT2D eigenvalue weighted by molar-refractivity contribution is 7.11. The Morgan fingerprint density at radius 2 is 1.83 bits per heavy atom. The maximum Gasteiger partial charge on any atom is 0.254 e. The number of nitrogens with one attached hydrogen (secondary N) is 1. The third-order valence-corrected chi connectivity index (χ3v) is 4.41. The SMILES string of the molecule is O=C(NCc1ncc(Cc2ccc(F)cc2)s1)c1ccccc1F. The van der Waals surface area contributed by atoms with Gasteiger partial charge in [-0.05, 0) is 29.8 Å². The topological polar surface area (TPSA) is 42.0 Å². The number of carbonyl (C=O) groups excluding carboxylic acids is 1. The highest BCUT2D eigenvalue weighted by Gasteiger charge is 2.11. The molecule has 0 bridgehead atoms. The van der Waals surface area contributed by atoms with Crippen LogP contribution in [-0.2, 0) is 13.0 Å². The molecule has 2 aromatic carbocycles. The van der Waals surface area contributed by atoms with Gasteiger partial charge in [-0.1, -0.05) is 24.3 Å². The lowest BCUT2D eigenvalue weighted by atomic mass is 10.1. The normalized spacial score (nSPS) is 10.6. The molecule has 3 rings (SSSR count). The largest absolute Gasteiger partial charge is 0.345 e. The predicted octanol–water partition coefficient (Wildman–Crippen LogP) is 3.94. The fourth-order valence-corrected chi connectivity index (χ4v) is 3.11. The monoisotopic (exact) mass is 344 g/mol. The molecule has 122 valence electrons. The van der Waals surface area contributed by atoms with Crippen molar-refractivity contribution < 1.29 is 13.6 Å². The first kappa shape index (κ1) is 16.3. The summed E-state index contributed by atoms with van der Waals surface area (Å²) in [5, 5.41) is 3.39. The second-order valence-electron chi connectivity index (χ2n) is 5.19. The summed E-state index contributed by atoms with van der Waals surface area (Å²) in [5.74, 6) is -1.28. The molecule has 1 N–H and O–H groups in total. The minimum absolute atomic E-state index is 0.0144. The van der Waals surface area contributed by atoms with Gasteiger partial charge in [0.25, 0.3) is 5.91 Å². The molecule has 0 spiro atoms. The van der Waals surface area contributed by atoms with Gasteiger partial charge in [0.1, 0.15) is 16.6 Å². The third-order valence-electron chi connectivity index (χ3n) is 3.41. The summed E-state index contributed by atoms with van der Waals surface area (Å²) in [7, 11) is 0. The van der Waals surface area contributed by atoms with E-state index in [0.29, 0.717) is 6.42 Å². The summed E-state index contributed by atoms with van der Waals surface area (Å²) < 4.78 is 26.4. The number of thiazole rings is 1. The minimum atomic E-state index is -0.550. The van der Waals surface area contributed by atoms with Crippen LogP contribution in [-0.4, -0.2) is 10.9 Å². The lowest BCUT2D eigenvalue weighted by Gasteiger charge is -2.03. The van der Waals surface area contributed by atoms with Crippen molar-refractivity contribution in [3.63, 3.8) is 0 Å². The van der Waals surface area contributed by atoms with Crippen LogP contribution in [0.25, 0.3) is 0 Å². The number of hydrogen-bond donors (Lipinski definition) is 1. The smallest absolute Gasteiger partial charge is 0.254 e. The molecule has 0 atom stereocenters. The lowest BCUT2D eigenvalue weighted by Crippen LogP contribution is -2.23. The van der Waals surface area contributed by atoms with Crippen LogP contribution in [0.4, 0.5) is 8.78 Å². The minimum Gasteiger partial charge on any atom is -0.345 e. The maximum absolute atomic E-state index is 13.5. The molecule has 6 heteroatoms. The van der Waals surface area contributed by atoms with E-state index in [4.69, 9.17) is 0 Å². The van der Waals surface area contributed by atoms with Crippen molar-refractivity contribution in [1.29, 1.82) is 0 Å². The second kappa shape index (κ2) is 7.31. The molecule has 3 aromatic rings. The van der Waals surface area contributed by atoms with Gasteiger partial charge in [0, 0.05) is 17.5 Å². The Balaban J connectivity index is 1.59. The molecular formula is C18H14F2N2OS. The van der Waals surface area contributed by atoms with Crippen LogP contribution < -0.4 is 5.32 Å². The van der Waals surface area contributed by atoms with Crippen molar-refractivity contribution in [1.82, 2.24) is 10.3 Å². The van der Waals surface area contributed by atoms with Crippen molar-refractivity contribution >= 4 is 17.2 Å². The predicted molar refractivity (Wildman–Crippen MR) is 88.9 cm³/mol. The molecule has 0 aliphatic rings. The Kier molecular flexibility index (Phi) is 4.96. The summed E-state index contributed by atoms with van der Waals surface area (Å²) in [6, 6.07) is 12.1. The van der Waals surface area contributed by atoms with Gasteiger partial charge in [-0.15, -0.1) is 11.3 Å². The van der Waals surface area contributed by atoms with Crippen LogP contribution in [0.2, 0.25) is 0 Å². The molecule has 1 amide bonds. The molecule has 0 aliphatic carbocycles. The zero-order chi connectivity index (χ0) is 16.9. The van der Waals surface area contributed by atoms with Gasteiger partial charge in [-0.25, -0.2) is 13.8 Å². The van der Waals surface area contributed by atoms with Crippen molar-refractivity contribution in [3.8, 4) is 0 Å². The first-order valence-corrected chi connectivity index (χ1v) is 8.14.